The number of aryl methyl sites for hydroxylation is 1. The van der Waals surface area contributed by atoms with Crippen molar-refractivity contribution in [2.75, 3.05) is 13.1 Å². The molecule has 1 amide bonds. The maximum atomic E-state index is 13.9. The van der Waals surface area contributed by atoms with Crippen molar-refractivity contribution < 1.29 is 4.79 Å². The molecule has 2 N–H and O–H groups in total. The minimum absolute atomic E-state index is 0.0362. The van der Waals surface area contributed by atoms with Crippen molar-refractivity contribution in [2.45, 2.75) is 52.6 Å². The molecule has 0 aliphatic heterocycles. The Morgan fingerprint density at radius 2 is 1.74 bits per heavy atom. The quantitative estimate of drug-likeness (QED) is 0.331. The molecule has 0 aliphatic rings. The average molecular weight is 512 g/mol. The molecule has 7 heteroatoms. The third-order valence-electron chi connectivity index (χ3n) is 7.09. The maximum absolute atomic E-state index is 13.9. The number of amides is 1. The van der Waals surface area contributed by atoms with Crippen LogP contribution in [0.3, 0.4) is 0 Å². The minimum atomic E-state index is -0.226. The summed E-state index contributed by atoms with van der Waals surface area (Å²) in [5.74, 6) is 0.500. The molecule has 2 aromatic carbocycles. The van der Waals surface area contributed by atoms with E-state index in [0.717, 1.165) is 11.1 Å². The number of pyridine rings is 1. The van der Waals surface area contributed by atoms with Crippen molar-refractivity contribution in [1.29, 1.82) is 0 Å². The van der Waals surface area contributed by atoms with Gasteiger partial charge in [0.25, 0.3) is 11.5 Å². The Balaban J connectivity index is 1.84. The van der Waals surface area contributed by atoms with Gasteiger partial charge in [-0.2, -0.15) is 0 Å². The van der Waals surface area contributed by atoms with E-state index >= 15 is 0 Å². The molecule has 0 fully saturated rings. The fourth-order valence-corrected chi connectivity index (χ4v) is 5.22. The van der Waals surface area contributed by atoms with E-state index < -0.39 is 0 Å². The lowest BCUT2D eigenvalue weighted by Gasteiger charge is -2.39. The molecule has 0 bridgehead atoms. The number of aromatic nitrogens is 3. The van der Waals surface area contributed by atoms with Gasteiger partial charge < -0.3 is 10.6 Å². The zero-order valence-electron chi connectivity index (χ0n) is 22.7. The summed E-state index contributed by atoms with van der Waals surface area (Å²) >= 11 is 0. The number of hydrogen-bond donors (Lipinski definition) is 1. The van der Waals surface area contributed by atoms with E-state index in [-0.39, 0.29) is 29.3 Å². The molecule has 2 atom stereocenters. The fourth-order valence-electron chi connectivity index (χ4n) is 5.22. The molecular weight excluding hydrogens is 474 g/mol. The lowest BCUT2D eigenvalue weighted by atomic mass is 9.88. The zero-order valence-corrected chi connectivity index (χ0v) is 22.7. The molecule has 0 aliphatic carbocycles. The van der Waals surface area contributed by atoms with Gasteiger partial charge in [0.2, 0.25) is 0 Å². The lowest BCUT2D eigenvalue weighted by molar-refractivity contribution is 0.0582. The summed E-state index contributed by atoms with van der Waals surface area (Å²) in [5.41, 5.74) is 9.12. The van der Waals surface area contributed by atoms with Crippen molar-refractivity contribution in [3.63, 3.8) is 0 Å². The van der Waals surface area contributed by atoms with Crippen molar-refractivity contribution in [3.8, 4) is 0 Å². The third-order valence-corrected chi connectivity index (χ3v) is 7.09. The monoisotopic (exact) mass is 511 g/mol. The summed E-state index contributed by atoms with van der Waals surface area (Å²) in [6.07, 6.45) is 3.91. The Kier molecular flexibility index (Phi) is 8.69. The number of carbonyl (C=O) groups excluding carboxylic acids is 1. The van der Waals surface area contributed by atoms with Gasteiger partial charge in [0, 0.05) is 36.5 Å². The van der Waals surface area contributed by atoms with Gasteiger partial charge in [-0.05, 0) is 49.6 Å². The number of fused-ring (bicyclic) bond motifs is 1. The third kappa shape index (κ3) is 5.83. The molecule has 198 valence electrons. The van der Waals surface area contributed by atoms with Crippen LogP contribution in [0.5, 0.6) is 0 Å². The summed E-state index contributed by atoms with van der Waals surface area (Å²) in [4.78, 5) is 38.8. The largest absolute Gasteiger partial charge is 0.335 e. The van der Waals surface area contributed by atoms with Crippen LogP contribution in [-0.4, -0.2) is 44.5 Å². The van der Waals surface area contributed by atoms with Crippen molar-refractivity contribution >= 4 is 16.8 Å². The smallest absolute Gasteiger partial charge is 0.263 e. The van der Waals surface area contributed by atoms with Crippen LogP contribution in [0.15, 0.2) is 77.9 Å². The van der Waals surface area contributed by atoms with Crippen molar-refractivity contribution in [1.82, 2.24) is 19.4 Å². The Labute approximate surface area is 224 Å². The lowest BCUT2D eigenvalue weighted by Crippen LogP contribution is -2.48. The molecule has 7 nitrogen and oxygen atoms in total. The first-order valence-electron chi connectivity index (χ1n) is 13.3. The molecule has 2 unspecified atom stereocenters. The van der Waals surface area contributed by atoms with Gasteiger partial charge in [0.15, 0.2) is 0 Å². The van der Waals surface area contributed by atoms with Gasteiger partial charge in [-0.25, -0.2) is 4.98 Å². The van der Waals surface area contributed by atoms with E-state index in [1.54, 1.807) is 23.0 Å². The van der Waals surface area contributed by atoms with Crippen LogP contribution < -0.4 is 11.3 Å². The fraction of sp³-hybridized carbons (Fsp3) is 0.355. The Hall–Kier alpha value is -3.84. The molecule has 4 aromatic rings. The Morgan fingerprint density at radius 3 is 2.39 bits per heavy atom. The van der Waals surface area contributed by atoms with Gasteiger partial charge >= 0.3 is 0 Å². The predicted octanol–water partition coefficient (Wildman–Crippen LogP) is 4.77. The van der Waals surface area contributed by atoms with Crippen LogP contribution in [0, 0.1) is 12.8 Å². The normalized spacial score (nSPS) is 13.0. The number of nitrogens with two attached hydrogens (primary N) is 1. The highest BCUT2D eigenvalue weighted by atomic mass is 16.2. The standard InChI is InChI=1S/C31H37N5O2/c1-21(2)28(35(18-8-16-32)30(37)25-13-11-22(3)12-14-25)23(4)29-34-27-15-17-33-19-26(27)31(38)36(29)20-24-9-6-5-7-10-24/h5-7,9-15,17,19,21,23,28H,8,16,18,20,32H2,1-4H3. The second-order valence-electron chi connectivity index (χ2n) is 10.3. The number of nitrogens with zero attached hydrogens (tertiary/aromatic N) is 4. The van der Waals surface area contributed by atoms with Gasteiger partial charge in [-0.15, -0.1) is 0 Å². The van der Waals surface area contributed by atoms with Crippen LogP contribution in [0.4, 0.5) is 0 Å². The van der Waals surface area contributed by atoms with E-state index in [2.05, 4.69) is 25.8 Å². The Morgan fingerprint density at radius 1 is 1.03 bits per heavy atom. The van der Waals surface area contributed by atoms with Crippen LogP contribution in [0.25, 0.3) is 10.9 Å². The van der Waals surface area contributed by atoms with E-state index in [4.69, 9.17) is 10.7 Å². The molecule has 0 saturated carbocycles. The summed E-state index contributed by atoms with van der Waals surface area (Å²) in [7, 11) is 0. The summed E-state index contributed by atoms with van der Waals surface area (Å²) in [6, 6.07) is 19.1. The minimum Gasteiger partial charge on any atom is -0.335 e. The van der Waals surface area contributed by atoms with E-state index in [1.165, 1.54) is 0 Å². The van der Waals surface area contributed by atoms with Crippen LogP contribution in [0.1, 0.15) is 60.4 Å². The highest BCUT2D eigenvalue weighted by molar-refractivity contribution is 5.94. The molecule has 4 rings (SSSR count). The maximum Gasteiger partial charge on any atom is 0.263 e. The summed E-state index contributed by atoms with van der Waals surface area (Å²) in [5, 5.41) is 0.483. The summed E-state index contributed by atoms with van der Waals surface area (Å²) in [6.45, 7) is 9.70. The highest BCUT2D eigenvalue weighted by Crippen LogP contribution is 2.30. The van der Waals surface area contributed by atoms with E-state index in [1.807, 2.05) is 66.4 Å². The topological polar surface area (TPSA) is 94.1 Å². The van der Waals surface area contributed by atoms with Gasteiger partial charge in [0.05, 0.1) is 17.4 Å². The predicted molar refractivity (Wildman–Crippen MR) is 152 cm³/mol. The number of hydrogen-bond acceptors (Lipinski definition) is 5. The molecule has 0 saturated heterocycles. The molecule has 38 heavy (non-hydrogen) atoms. The molecule has 0 spiro atoms. The molecule has 2 aromatic heterocycles. The van der Waals surface area contributed by atoms with Crippen molar-refractivity contribution in [3.05, 3.63) is 106 Å². The number of benzene rings is 2. The summed E-state index contributed by atoms with van der Waals surface area (Å²) < 4.78 is 1.75. The van der Waals surface area contributed by atoms with Crippen LogP contribution >= 0.6 is 0 Å². The Bertz CT molecular complexity index is 1430. The molecular formula is C31H37N5O2. The van der Waals surface area contributed by atoms with Crippen molar-refractivity contribution in [2.24, 2.45) is 11.7 Å². The van der Waals surface area contributed by atoms with Crippen LogP contribution in [-0.2, 0) is 6.54 Å². The van der Waals surface area contributed by atoms with Gasteiger partial charge in [-0.3, -0.25) is 19.1 Å². The first-order valence-corrected chi connectivity index (χ1v) is 13.3. The zero-order chi connectivity index (χ0) is 27.2. The van der Waals surface area contributed by atoms with Gasteiger partial charge in [0.1, 0.15) is 5.82 Å². The first-order chi connectivity index (χ1) is 18.3. The average Bonchev–Trinajstić information content (AvgIpc) is 2.92. The number of rotatable bonds is 10. The van der Waals surface area contributed by atoms with Crippen LogP contribution in [0.2, 0.25) is 0 Å². The second kappa shape index (κ2) is 12.1. The highest BCUT2D eigenvalue weighted by Gasteiger charge is 2.34. The molecule has 0 radical (unpaired) electrons. The first kappa shape index (κ1) is 27.2. The van der Waals surface area contributed by atoms with Gasteiger partial charge in [-0.1, -0.05) is 68.8 Å². The SMILES string of the molecule is Cc1ccc(C(=O)N(CCCN)C(C(C)C)C(C)c2nc3ccncc3c(=O)n2Cc2ccccc2)cc1. The molecule has 2 heterocycles. The number of carbonyl (C=O) groups is 1. The van der Waals surface area contributed by atoms with E-state index in [0.29, 0.717) is 48.3 Å². The second-order valence-corrected chi connectivity index (χ2v) is 10.3. The van der Waals surface area contributed by atoms with E-state index in [9.17, 15) is 9.59 Å².